The molecule has 12 heavy (non-hydrogen) atoms. The average Bonchev–Trinajstić information content (AvgIpc) is 2.18. The van der Waals surface area contributed by atoms with Crippen molar-refractivity contribution in [2.75, 3.05) is 5.88 Å². The van der Waals surface area contributed by atoms with Gasteiger partial charge < -0.3 is 9.02 Å². The van der Waals surface area contributed by atoms with Gasteiger partial charge in [0, 0.05) is 22.9 Å². The number of hydrogen-bond donors (Lipinski definition) is 2. The molecule has 1 heterocycles. The van der Waals surface area contributed by atoms with Gasteiger partial charge in [0.15, 0.2) is 0 Å². The molecule has 2 unspecified atom stereocenters. The highest BCUT2D eigenvalue weighted by Gasteiger charge is 1.76. The number of hydrogen-bond acceptors (Lipinski definition) is 1. The Morgan fingerprint density at radius 1 is 1.50 bits per heavy atom. The summed E-state index contributed by atoms with van der Waals surface area (Å²) in [6.45, 7) is 2.17. The molecule has 2 N–H and O–H groups in total. The molecule has 0 aliphatic carbocycles. The minimum absolute atomic E-state index is 0.614. The summed E-state index contributed by atoms with van der Waals surface area (Å²) in [6, 6.07) is 0. The fraction of sp³-hybridized carbons (Fsp3) is 1.00. The summed E-state index contributed by atoms with van der Waals surface area (Å²) in [7, 11) is 2.36. The Labute approximate surface area is 83.1 Å². The van der Waals surface area contributed by atoms with Crippen LogP contribution < -0.4 is 0 Å². The lowest BCUT2D eigenvalue weighted by molar-refractivity contribution is 0.776. The van der Waals surface area contributed by atoms with Crippen molar-refractivity contribution >= 4 is 37.1 Å². The van der Waals surface area contributed by atoms with Crippen LogP contribution in [0.25, 0.3) is 0 Å². The second-order valence-electron chi connectivity index (χ2n) is 2.07. The van der Waals surface area contributed by atoms with E-state index in [-0.39, 0.29) is 0 Å². The highest BCUT2D eigenvalue weighted by Crippen LogP contribution is 2.01. The minimum Gasteiger partial charge on any atom is -0.313 e. The maximum absolute atomic E-state index is 5.38. The Kier molecular flexibility index (Phi) is 12.2. The van der Waals surface area contributed by atoms with Crippen molar-refractivity contribution in [1.29, 1.82) is 0 Å². The molecule has 72 valence electrons. The van der Waals surface area contributed by atoms with Crippen molar-refractivity contribution in [3.63, 3.8) is 0 Å². The molecule has 0 aromatic carbocycles. The van der Waals surface area contributed by atoms with E-state index in [1.165, 1.54) is 19.3 Å². The summed E-state index contributed by atoms with van der Waals surface area (Å²) in [6.07, 6.45) is 3.73. The van der Waals surface area contributed by atoms with Gasteiger partial charge in [-0.05, 0) is 6.42 Å². The van der Waals surface area contributed by atoms with Crippen LogP contribution in [0.5, 0.6) is 0 Å². The van der Waals surface area contributed by atoms with Crippen LogP contribution in [0.3, 0.4) is 0 Å². The third-order valence-corrected chi connectivity index (χ3v) is 3.92. The third-order valence-electron chi connectivity index (χ3n) is 1.06. The van der Waals surface area contributed by atoms with E-state index < -0.39 is 0 Å². The van der Waals surface area contributed by atoms with Gasteiger partial charge in [-0.2, -0.15) is 4.51 Å². The van der Waals surface area contributed by atoms with Gasteiger partial charge in [-0.3, -0.25) is 0 Å². The molecule has 1 rings (SSSR count). The predicted octanol–water partition coefficient (Wildman–Crippen LogP) is 3.92. The number of aromatic nitrogens is 3. The quantitative estimate of drug-likeness (QED) is 0.615. The highest BCUT2D eigenvalue weighted by molar-refractivity contribution is 7.43. The molecular formula is C5H15ClN3P3. The van der Waals surface area contributed by atoms with Crippen LogP contribution in [0.15, 0.2) is 0 Å². The predicted molar refractivity (Wildman–Crippen MR) is 62.3 cm³/mol. The van der Waals surface area contributed by atoms with Crippen molar-refractivity contribution < 1.29 is 0 Å². The van der Waals surface area contributed by atoms with E-state index in [1.54, 1.807) is 0 Å². The topological polar surface area (TPSA) is 44.5 Å². The summed E-state index contributed by atoms with van der Waals surface area (Å²) < 4.78 is 10.0. The zero-order valence-electron chi connectivity index (χ0n) is 7.10. The molecule has 0 saturated heterocycles. The monoisotopic (exact) mass is 245 g/mol. The molecule has 0 saturated carbocycles. The van der Waals surface area contributed by atoms with Crippen molar-refractivity contribution in [3.8, 4) is 0 Å². The van der Waals surface area contributed by atoms with E-state index >= 15 is 0 Å². The van der Waals surface area contributed by atoms with Crippen LogP contribution in [0.2, 0.25) is 0 Å². The lowest BCUT2D eigenvalue weighted by Crippen LogP contribution is -1.70. The number of rotatable bonds is 3. The molecule has 2 atom stereocenters. The van der Waals surface area contributed by atoms with E-state index in [0.717, 1.165) is 14.4 Å². The molecule has 0 radical (unpaired) electrons. The zero-order valence-corrected chi connectivity index (χ0v) is 10.8. The second-order valence-corrected chi connectivity index (χ2v) is 5.82. The number of nitrogens with one attached hydrogen (secondary N) is 2. The Hall–Kier alpha value is 0.590. The normalized spacial score (nSPS) is 10.5. The van der Waals surface area contributed by atoms with Crippen LogP contribution in [0, 0.1) is 0 Å². The molecule has 0 amide bonds. The molecule has 0 spiro atoms. The lowest BCUT2D eigenvalue weighted by Gasteiger charge is -1.84. The molecule has 3 nitrogen and oxygen atoms in total. The first-order chi connectivity index (χ1) is 5.91. The molecule has 7 heteroatoms. The summed E-state index contributed by atoms with van der Waals surface area (Å²) in [5.74, 6) is 0.827. The zero-order chi connectivity index (χ0) is 9.07. The van der Waals surface area contributed by atoms with E-state index in [0.29, 0.717) is 17.0 Å². The molecule has 1 aromatic rings. The largest absolute Gasteiger partial charge is 0.313 e. The van der Waals surface area contributed by atoms with E-state index in [9.17, 15) is 0 Å². The fourth-order valence-corrected chi connectivity index (χ4v) is 3.34. The van der Waals surface area contributed by atoms with Gasteiger partial charge in [-0.1, -0.05) is 19.8 Å². The van der Waals surface area contributed by atoms with Crippen LogP contribution in [0.1, 0.15) is 26.2 Å². The Balaban J connectivity index is 0.000000202. The van der Waals surface area contributed by atoms with Gasteiger partial charge in [-0.15, -0.1) is 11.6 Å². The minimum atomic E-state index is 0.614. The third kappa shape index (κ3) is 10.6. The van der Waals surface area contributed by atoms with Gasteiger partial charge in [0.05, 0.1) is 0 Å². The Morgan fingerprint density at radius 3 is 2.50 bits per heavy atom. The number of H-pyrrole nitrogens is 2. The Morgan fingerprint density at radius 2 is 2.33 bits per heavy atom. The number of halogens is 1. The number of unbranched alkanes of at least 4 members (excludes halogenated alkanes) is 2. The smallest absolute Gasteiger partial charge is 0.138 e. The first kappa shape index (κ1) is 12.6. The summed E-state index contributed by atoms with van der Waals surface area (Å²) in [5, 5.41) is 0. The van der Waals surface area contributed by atoms with Gasteiger partial charge in [0.1, 0.15) is 8.51 Å². The first-order valence-electron chi connectivity index (χ1n) is 3.87. The summed E-state index contributed by atoms with van der Waals surface area (Å²) in [4.78, 5) is 0. The number of nitrogens with zero attached hydrogens (tertiary/aromatic N) is 1. The second kappa shape index (κ2) is 11.6. The summed E-state index contributed by atoms with van der Waals surface area (Å²) >= 11 is 5.38. The van der Waals surface area contributed by atoms with Gasteiger partial charge in [0.2, 0.25) is 0 Å². The van der Waals surface area contributed by atoms with Crippen LogP contribution in [-0.4, -0.2) is 19.4 Å². The Bertz CT molecular complexity index is 135. The van der Waals surface area contributed by atoms with Crippen molar-refractivity contribution in [1.82, 2.24) is 13.5 Å². The van der Waals surface area contributed by atoms with E-state index in [4.69, 9.17) is 11.6 Å². The van der Waals surface area contributed by atoms with E-state index in [1.807, 2.05) is 0 Å². The van der Waals surface area contributed by atoms with Crippen molar-refractivity contribution in [2.45, 2.75) is 26.2 Å². The van der Waals surface area contributed by atoms with Crippen molar-refractivity contribution in [2.24, 2.45) is 0 Å². The highest BCUT2D eigenvalue weighted by atomic mass is 35.5. The fourth-order valence-electron chi connectivity index (χ4n) is 0.500. The molecule has 0 fully saturated rings. The summed E-state index contributed by atoms with van der Waals surface area (Å²) in [5.41, 5.74) is 0. The number of alkyl halides is 1. The van der Waals surface area contributed by atoms with Crippen LogP contribution in [-0.2, 0) is 0 Å². The van der Waals surface area contributed by atoms with Crippen LogP contribution in [0.4, 0.5) is 0 Å². The maximum Gasteiger partial charge on any atom is 0.138 e. The lowest BCUT2D eigenvalue weighted by atomic mass is 10.3. The standard InChI is InChI=1S/C5H11Cl.H4N3P3/c1-2-3-4-5-6;1-4-2-6-3-5-1/h2-5H2,1H3;1,4-5H,(H,2,3). The first-order valence-corrected chi connectivity index (χ1v) is 7.20. The van der Waals surface area contributed by atoms with Gasteiger partial charge >= 0.3 is 0 Å². The molecular weight excluding hydrogens is 230 g/mol. The molecule has 0 bridgehead atoms. The number of aromatic amines is 2. The van der Waals surface area contributed by atoms with Crippen molar-refractivity contribution in [3.05, 3.63) is 0 Å². The molecule has 1 aromatic heterocycles. The average molecular weight is 246 g/mol. The maximum atomic E-state index is 5.38. The van der Waals surface area contributed by atoms with E-state index in [2.05, 4.69) is 20.5 Å². The van der Waals surface area contributed by atoms with Gasteiger partial charge in [-0.25, -0.2) is 0 Å². The molecule has 0 aliphatic heterocycles. The molecule has 0 aliphatic rings. The van der Waals surface area contributed by atoms with Gasteiger partial charge in [0.25, 0.3) is 0 Å². The SMILES string of the molecule is CCCCCCl.n1p[nH][pH][nH][pH]1. The van der Waals surface area contributed by atoms with Crippen LogP contribution >= 0.6 is 37.1 Å².